The van der Waals surface area contributed by atoms with Crippen molar-refractivity contribution in [3.05, 3.63) is 35.4 Å². The summed E-state index contributed by atoms with van der Waals surface area (Å²) >= 11 is 0. The van der Waals surface area contributed by atoms with Gasteiger partial charge in [0.25, 0.3) is 0 Å². The van der Waals surface area contributed by atoms with Crippen LogP contribution in [0.2, 0.25) is 0 Å². The van der Waals surface area contributed by atoms with Gasteiger partial charge in [-0.1, -0.05) is 12.1 Å². The number of benzene rings is 1. The zero-order chi connectivity index (χ0) is 8.69. The lowest BCUT2D eigenvalue weighted by Gasteiger charge is -1.88. The molecule has 0 saturated heterocycles. The second-order valence-corrected chi connectivity index (χ2v) is 1.98. The van der Waals surface area contributed by atoms with Crippen LogP contribution in [0.1, 0.15) is 11.1 Å². The van der Waals surface area contributed by atoms with Gasteiger partial charge in [0.2, 0.25) is 0 Å². The van der Waals surface area contributed by atoms with E-state index < -0.39 is 0 Å². The fraction of sp³-hybridized carbons (Fsp3) is 0.222. The molecule has 1 aromatic rings. The first-order chi connectivity index (χ1) is 5.33. The Bertz CT molecular complexity index is 248. The SMILES string of the molecule is CN.Cc1cccc(C#N)c1. The third-order valence-corrected chi connectivity index (χ3v) is 1.15. The maximum Gasteiger partial charge on any atom is 0.0991 e. The van der Waals surface area contributed by atoms with Gasteiger partial charge in [-0.2, -0.15) is 5.26 Å². The normalized spacial score (nSPS) is 7.45. The fourth-order valence-corrected chi connectivity index (χ4v) is 0.715. The van der Waals surface area contributed by atoms with Crippen LogP contribution in [-0.4, -0.2) is 7.05 Å². The predicted molar refractivity (Wildman–Crippen MR) is 46.0 cm³/mol. The Morgan fingerprint density at radius 1 is 1.36 bits per heavy atom. The van der Waals surface area contributed by atoms with E-state index in [1.54, 1.807) is 6.07 Å². The molecule has 0 aliphatic rings. The smallest absolute Gasteiger partial charge is 0.0991 e. The maximum atomic E-state index is 8.41. The highest BCUT2D eigenvalue weighted by Gasteiger charge is 1.86. The van der Waals surface area contributed by atoms with Gasteiger partial charge in [0.1, 0.15) is 0 Å². The van der Waals surface area contributed by atoms with Crippen molar-refractivity contribution in [1.29, 1.82) is 5.26 Å². The van der Waals surface area contributed by atoms with E-state index in [4.69, 9.17) is 5.26 Å². The number of hydrogen-bond donors (Lipinski definition) is 1. The van der Waals surface area contributed by atoms with E-state index in [1.165, 1.54) is 7.05 Å². The molecule has 2 N–H and O–H groups in total. The Labute approximate surface area is 67.3 Å². The zero-order valence-corrected chi connectivity index (χ0v) is 6.83. The first-order valence-corrected chi connectivity index (χ1v) is 3.37. The number of hydrogen-bond acceptors (Lipinski definition) is 2. The van der Waals surface area contributed by atoms with Crippen LogP contribution in [0.15, 0.2) is 24.3 Å². The van der Waals surface area contributed by atoms with Crippen molar-refractivity contribution in [1.82, 2.24) is 0 Å². The van der Waals surface area contributed by atoms with Crippen LogP contribution >= 0.6 is 0 Å². The molecule has 2 nitrogen and oxygen atoms in total. The number of rotatable bonds is 0. The lowest BCUT2D eigenvalue weighted by atomic mass is 10.2. The van der Waals surface area contributed by atoms with E-state index in [0.29, 0.717) is 0 Å². The minimum absolute atomic E-state index is 0.731. The molecule has 0 amide bonds. The highest BCUT2D eigenvalue weighted by Crippen LogP contribution is 2.00. The van der Waals surface area contributed by atoms with Gasteiger partial charge in [0.05, 0.1) is 11.6 Å². The summed E-state index contributed by atoms with van der Waals surface area (Å²) in [4.78, 5) is 0. The Morgan fingerprint density at radius 2 is 2.00 bits per heavy atom. The average molecular weight is 148 g/mol. The van der Waals surface area contributed by atoms with Crippen LogP contribution in [0.4, 0.5) is 0 Å². The maximum absolute atomic E-state index is 8.41. The van der Waals surface area contributed by atoms with E-state index in [2.05, 4.69) is 11.8 Å². The molecule has 0 radical (unpaired) electrons. The summed E-state index contributed by atoms with van der Waals surface area (Å²) in [5.41, 5.74) is 6.36. The molecule has 0 heterocycles. The van der Waals surface area contributed by atoms with Gasteiger partial charge in [-0.05, 0) is 31.7 Å². The van der Waals surface area contributed by atoms with Crippen LogP contribution < -0.4 is 5.73 Å². The topological polar surface area (TPSA) is 49.8 Å². The molecule has 0 spiro atoms. The molecule has 0 atom stereocenters. The summed E-state index contributed by atoms with van der Waals surface area (Å²) in [7, 11) is 1.50. The first-order valence-electron chi connectivity index (χ1n) is 3.37. The van der Waals surface area contributed by atoms with Crippen molar-refractivity contribution >= 4 is 0 Å². The van der Waals surface area contributed by atoms with Crippen molar-refractivity contribution in [2.45, 2.75) is 6.92 Å². The monoisotopic (exact) mass is 148 g/mol. The number of nitrogens with zero attached hydrogens (tertiary/aromatic N) is 1. The third kappa shape index (κ3) is 3.39. The number of nitriles is 1. The Balaban J connectivity index is 0.000000461. The molecule has 1 rings (SSSR count). The highest BCUT2D eigenvalue weighted by atomic mass is 14.4. The summed E-state index contributed by atoms with van der Waals surface area (Å²) < 4.78 is 0. The molecular formula is C9H12N2. The van der Waals surface area contributed by atoms with Crippen molar-refractivity contribution in [2.75, 3.05) is 7.05 Å². The van der Waals surface area contributed by atoms with Gasteiger partial charge in [-0.15, -0.1) is 0 Å². The minimum Gasteiger partial charge on any atom is -0.333 e. The van der Waals surface area contributed by atoms with Crippen LogP contribution in [-0.2, 0) is 0 Å². The summed E-state index contributed by atoms with van der Waals surface area (Å²) in [6.45, 7) is 1.97. The first kappa shape index (κ1) is 9.67. The average Bonchev–Trinajstić information content (AvgIpc) is 2.08. The largest absolute Gasteiger partial charge is 0.333 e. The molecule has 0 unspecified atom stereocenters. The molecule has 1 aromatic carbocycles. The molecular weight excluding hydrogens is 136 g/mol. The van der Waals surface area contributed by atoms with Gasteiger partial charge < -0.3 is 5.73 Å². The molecule has 0 bridgehead atoms. The van der Waals surface area contributed by atoms with Gasteiger partial charge in [-0.25, -0.2) is 0 Å². The van der Waals surface area contributed by atoms with Crippen molar-refractivity contribution < 1.29 is 0 Å². The van der Waals surface area contributed by atoms with E-state index in [1.807, 2.05) is 25.1 Å². The van der Waals surface area contributed by atoms with Gasteiger partial charge in [0.15, 0.2) is 0 Å². The molecule has 58 valence electrons. The summed E-state index contributed by atoms with van der Waals surface area (Å²) in [6, 6.07) is 9.58. The highest BCUT2D eigenvalue weighted by molar-refractivity contribution is 5.31. The van der Waals surface area contributed by atoms with Crippen molar-refractivity contribution in [2.24, 2.45) is 5.73 Å². The minimum atomic E-state index is 0.731. The summed E-state index contributed by atoms with van der Waals surface area (Å²) in [5, 5.41) is 8.41. The Kier molecular flexibility index (Phi) is 4.80. The molecule has 0 fully saturated rings. The van der Waals surface area contributed by atoms with E-state index in [-0.39, 0.29) is 0 Å². The van der Waals surface area contributed by atoms with Gasteiger partial charge >= 0.3 is 0 Å². The molecule has 0 saturated carbocycles. The molecule has 2 heteroatoms. The standard InChI is InChI=1S/C8H7N.CH5N/c1-7-3-2-4-8(5-7)6-9;1-2/h2-5H,1H3;2H2,1H3. The van der Waals surface area contributed by atoms with Crippen LogP contribution in [0, 0.1) is 18.3 Å². The van der Waals surface area contributed by atoms with E-state index in [0.717, 1.165) is 11.1 Å². The van der Waals surface area contributed by atoms with Crippen LogP contribution in [0.5, 0.6) is 0 Å². The molecule has 0 aliphatic carbocycles. The van der Waals surface area contributed by atoms with E-state index >= 15 is 0 Å². The predicted octanol–water partition coefficient (Wildman–Crippen LogP) is 1.44. The van der Waals surface area contributed by atoms with Crippen molar-refractivity contribution in [3.63, 3.8) is 0 Å². The van der Waals surface area contributed by atoms with Crippen LogP contribution in [0.3, 0.4) is 0 Å². The van der Waals surface area contributed by atoms with Gasteiger partial charge in [0, 0.05) is 0 Å². The number of nitrogens with two attached hydrogens (primary N) is 1. The lowest BCUT2D eigenvalue weighted by Crippen LogP contribution is -1.73. The van der Waals surface area contributed by atoms with Crippen LogP contribution in [0.25, 0.3) is 0 Å². The third-order valence-electron chi connectivity index (χ3n) is 1.15. The molecule has 0 aliphatic heterocycles. The van der Waals surface area contributed by atoms with E-state index in [9.17, 15) is 0 Å². The quantitative estimate of drug-likeness (QED) is 0.605. The Hall–Kier alpha value is -1.33. The fourth-order valence-electron chi connectivity index (χ4n) is 0.715. The zero-order valence-electron chi connectivity index (χ0n) is 6.83. The van der Waals surface area contributed by atoms with Crippen molar-refractivity contribution in [3.8, 4) is 6.07 Å². The molecule has 11 heavy (non-hydrogen) atoms. The summed E-state index contributed by atoms with van der Waals surface area (Å²) in [6.07, 6.45) is 0. The number of aryl methyl sites for hydroxylation is 1. The Morgan fingerprint density at radius 3 is 2.36 bits per heavy atom. The second-order valence-electron chi connectivity index (χ2n) is 1.98. The summed E-state index contributed by atoms with van der Waals surface area (Å²) in [5.74, 6) is 0. The van der Waals surface area contributed by atoms with Gasteiger partial charge in [-0.3, -0.25) is 0 Å². The second kappa shape index (κ2) is 5.45. The lowest BCUT2D eigenvalue weighted by molar-refractivity contribution is 1.42. The molecule has 0 aromatic heterocycles.